The van der Waals surface area contributed by atoms with E-state index in [2.05, 4.69) is 10.2 Å². The second-order valence-corrected chi connectivity index (χ2v) is 9.39. The third-order valence-corrected chi connectivity index (χ3v) is 5.89. The van der Waals surface area contributed by atoms with Gasteiger partial charge in [0.25, 0.3) is 0 Å². The summed E-state index contributed by atoms with van der Waals surface area (Å²) in [4.78, 5) is 1.23. The summed E-state index contributed by atoms with van der Waals surface area (Å²) < 4.78 is 49.2. The molecule has 0 fully saturated rings. The van der Waals surface area contributed by atoms with Crippen LogP contribution in [0.4, 0.5) is 5.69 Å². The largest absolute Gasteiger partial charge is 0.366 e. The predicted octanol–water partition coefficient (Wildman–Crippen LogP) is 0.417. The third-order valence-electron chi connectivity index (χ3n) is 3.84. The molecule has 0 radical (unpaired) electrons. The second-order valence-electron chi connectivity index (χ2n) is 5.85. The molecule has 0 bridgehead atoms. The zero-order valence-corrected chi connectivity index (χ0v) is 15.7. The molecule has 2 heterocycles. The lowest BCUT2D eigenvalue weighted by Gasteiger charge is -2.21. The number of hydrogen-bond donors (Lipinski definition) is 1. The first-order chi connectivity index (χ1) is 12.1. The lowest BCUT2D eigenvalue weighted by molar-refractivity contribution is 0.596. The Labute approximate surface area is 151 Å². The van der Waals surface area contributed by atoms with Gasteiger partial charge in [-0.15, -0.1) is 10.2 Å². The van der Waals surface area contributed by atoms with Crippen molar-refractivity contribution in [2.45, 2.75) is 16.3 Å². The number of benzene rings is 1. The number of hydrogen-bond acceptors (Lipinski definition) is 7. The van der Waals surface area contributed by atoms with E-state index in [1.54, 1.807) is 28.6 Å². The standard InChI is InChI=1S/C15H17N5O4S2/c1-19(10-15-18-17-14-5-3-4-8-20(14)15)12-7-6-11(25(2,21)22)9-13(12)26(16,23)24/h3-9H,10H2,1-2H3,(H2,16,23,24). The quantitative estimate of drug-likeness (QED) is 0.663. The highest BCUT2D eigenvalue weighted by Crippen LogP contribution is 2.27. The Kier molecular flexibility index (Phi) is 4.46. The van der Waals surface area contributed by atoms with Crippen LogP contribution in [0, 0.1) is 0 Å². The number of sulfonamides is 1. The fraction of sp³-hybridized carbons (Fsp3) is 0.200. The van der Waals surface area contributed by atoms with Crippen LogP contribution in [0.1, 0.15) is 5.82 Å². The molecule has 0 aliphatic heterocycles. The highest BCUT2D eigenvalue weighted by Gasteiger charge is 2.21. The summed E-state index contributed by atoms with van der Waals surface area (Å²) in [6.45, 7) is 0.242. The van der Waals surface area contributed by atoms with E-state index < -0.39 is 19.9 Å². The van der Waals surface area contributed by atoms with Crippen LogP contribution in [-0.2, 0) is 26.4 Å². The Bertz CT molecular complexity index is 1190. The van der Waals surface area contributed by atoms with E-state index in [4.69, 9.17) is 5.14 Å². The minimum Gasteiger partial charge on any atom is -0.366 e. The summed E-state index contributed by atoms with van der Waals surface area (Å²) in [5, 5.41) is 13.4. The van der Waals surface area contributed by atoms with Crippen molar-refractivity contribution in [2.24, 2.45) is 5.14 Å². The first-order valence-electron chi connectivity index (χ1n) is 7.44. The van der Waals surface area contributed by atoms with Gasteiger partial charge in [0.1, 0.15) is 4.90 Å². The van der Waals surface area contributed by atoms with Crippen LogP contribution >= 0.6 is 0 Å². The number of nitrogens with zero attached hydrogens (tertiary/aromatic N) is 4. The van der Waals surface area contributed by atoms with Gasteiger partial charge in [-0.2, -0.15) is 0 Å². The highest BCUT2D eigenvalue weighted by molar-refractivity contribution is 7.91. The number of primary sulfonamides is 1. The molecular formula is C15H17N5O4S2. The number of aromatic nitrogens is 3. The minimum atomic E-state index is -4.13. The van der Waals surface area contributed by atoms with Gasteiger partial charge in [0.2, 0.25) is 10.0 Å². The molecule has 0 amide bonds. The molecule has 2 N–H and O–H groups in total. The van der Waals surface area contributed by atoms with Gasteiger partial charge in [-0.1, -0.05) is 6.07 Å². The normalized spacial score (nSPS) is 12.4. The van der Waals surface area contributed by atoms with Crippen LogP contribution in [-0.4, -0.2) is 44.7 Å². The highest BCUT2D eigenvalue weighted by atomic mass is 32.2. The van der Waals surface area contributed by atoms with Gasteiger partial charge in [-0.05, 0) is 30.3 Å². The van der Waals surface area contributed by atoms with Gasteiger partial charge in [-0.3, -0.25) is 4.40 Å². The van der Waals surface area contributed by atoms with E-state index in [1.165, 1.54) is 12.1 Å². The van der Waals surface area contributed by atoms with Gasteiger partial charge >= 0.3 is 0 Å². The summed E-state index contributed by atoms with van der Waals surface area (Å²) in [5.74, 6) is 0.593. The van der Waals surface area contributed by atoms with Crippen molar-refractivity contribution in [3.8, 4) is 0 Å². The number of rotatable bonds is 5. The Hall–Kier alpha value is -2.50. The molecule has 1 aromatic carbocycles. The molecule has 0 saturated carbocycles. The molecule has 0 spiro atoms. The van der Waals surface area contributed by atoms with Gasteiger partial charge in [0.05, 0.1) is 17.1 Å². The zero-order valence-electron chi connectivity index (χ0n) is 14.1. The smallest absolute Gasteiger partial charge is 0.240 e. The van der Waals surface area contributed by atoms with Gasteiger partial charge in [0, 0.05) is 19.5 Å². The first kappa shape index (κ1) is 18.3. The summed E-state index contributed by atoms with van der Waals surface area (Å²) in [5.41, 5.74) is 0.933. The first-order valence-corrected chi connectivity index (χ1v) is 10.9. The molecule has 0 unspecified atom stereocenters. The zero-order chi connectivity index (χ0) is 19.1. The Balaban J connectivity index is 2.05. The summed E-state index contributed by atoms with van der Waals surface area (Å²) >= 11 is 0. The molecule has 9 nitrogen and oxygen atoms in total. The number of nitrogens with two attached hydrogens (primary N) is 1. The lowest BCUT2D eigenvalue weighted by Crippen LogP contribution is -2.23. The van der Waals surface area contributed by atoms with Gasteiger partial charge in [0.15, 0.2) is 21.3 Å². The molecule has 0 aliphatic rings. The van der Waals surface area contributed by atoms with E-state index in [9.17, 15) is 16.8 Å². The molecule has 3 aromatic rings. The number of pyridine rings is 1. The molecule has 11 heteroatoms. The van der Waals surface area contributed by atoms with Crippen molar-refractivity contribution in [3.05, 3.63) is 48.4 Å². The molecule has 0 saturated heterocycles. The van der Waals surface area contributed by atoms with Crippen molar-refractivity contribution in [1.82, 2.24) is 14.6 Å². The van der Waals surface area contributed by atoms with Crippen molar-refractivity contribution >= 4 is 31.2 Å². The van der Waals surface area contributed by atoms with Crippen molar-refractivity contribution in [2.75, 3.05) is 18.2 Å². The average Bonchev–Trinajstić information content (AvgIpc) is 2.96. The van der Waals surface area contributed by atoms with Crippen LogP contribution in [0.25, 0.3) is 5.65 Å². The number of fused-ring (bicyclic) bond motifs is 1. The maximum Gasteiger partial charge on any atom is 0.240 e. The molecule has 3 rings (SSSR count). The monoisotopic (exact) mass is 395 g/mol. The van der Waals surface area contributed by atoms with Gasteiger partial charge in [-0.25, -0.2) is 22.0 Å². The number of sulfone groups is 1. The second kappa shape index (κ2) is 6.34. The van der Waals surface area contributed by atoms with E-state index in [-0.39, 0.29) is 22.0 Å². The fourth-order valence-corrected chi connectivity index (χ4v) is 4.09. The summed E-state index contributed by atoms with van der Waals surface area (Å²) in [7, 11) is -6.04. The van der Waals surface area contributed by atoms with Crippen LogP contribution < -0.4 is 10.0 Å². The molecular weight excluding hydrogens is 378 g/mol. The van der Waals surface area contributed by atoms with Crippen LogP contribution in [0.5, 0.6) is 0 Å². The SMILES string of the molecule is CN(Cc1nnc2ccccn12)c1ccc(S(C)(=O)=O)cc1S(N)(=O)=O. The van der Waals surface area contributed by atoms with E-state index in [0.717, 1.165) is 12.3 Å². The minimum absolute atomic E-state index is 0.119. The fourth-order valence-electron chi connectivity index (χ4n) is 2.56. The summed E-state index contributed by atoms with van der Waals surface area (Å²) in [6.07, 6.45) is 2.80. The van der Waals surface area contributed by atoms with E-state index in [1.807, 2.05) is 12.1 Å². The predicted molar refractivity (Wildman–Crippen MR) is 96.0 cm³/mol. The molecule has 26 heavy (non-hydrogen) atoms. The Morgan fingerprint density at radius 2 is 1.85 bits per heavy atom. The molecule has 0 aliphatic carbocycles. The average molecular weight is 395 g/mol. The molecule has 138 valence electrons. The third kappa shape index (κ3) is 3.54. The molecule has 2 aromatic heterocycles. The molecule has 0 atom stereocenters. The summed E-state index contributed by atoms with van der Waals surface area (Å²) in [6, 6.07) is 9.29. The van der Waals surface area contributed by atoms with Crippen molar-refractivity contribution in [1.29, 1.82) is 0 Å². The van der Waals surface area contributed by atoms with Crippen molar-refractivity contribution in [3.63, 3.8) is 0 Å². The van der Waals surface area contributed by atoms with Crippen LogP contribution in [0.3, 0.4) is 0 Å². The Morgan fingerprint density at radius 1 is 1.12 bits per heavy atom. The maximum atomic E-state index is 12.0. The topological polar surface area (TPSA) is 128 Å². The van der Waals surface area contributed by atoms with Gasteiger partial charge < -0.3 is 4.90 Å². The van der Waals surface area contributed by atoms with Crippen molar-refractivity contribution < 1.29 is 16.8 Å². The maximum absolute atomic E-state index is 12.0. The number of anilines is 1. The lowest BCUT2D eigenvalue weighted by atomic mass is 10.3. The van der Waals surface area contributed by atoms with E-state index >= 15 is 0 Å². The van der Waals surface area contributed by atoms with Crippen LogP contribution in [0.2, 0.25) is 0 Å². The van der Waals surface area contributed by atoms with Crippen LogP contribution in [0.15, 0.2) is 52.4 Å². The van der Waals surface area contributed by atoms with E-state index in [0.29, 0.717) is 11.5 Å². The Morgan fingerprint density at radius 3 is 2.50 bits per heavy atom.